The number of para-hydroxylation sites is 1. The van der Waals surface area contributed by atoms with E-state index in [0.29, 0.717) is 56.4 Å². The minimum absolute atomic E-state index is 0.237. The number of ether oxygens (including phenoxy) is 2. The van der Waals surface area contributed by atoms with Crippen molar-refractivity contribution in [2.24, 2.45) is 13.0 Å². The lowest BCUT2D eigenvalue weighted by Crippen LogP contribution is -2.49. The van der Waals surface area contributed by atoms with E-state index >= 15 is 0 Å². The fourth-order valence-electron chi connectivity index (χ4n) is 5.56. The Hall–Kier alpha value is -3.77. The molecule has 240 valence electrons. The first kappa shape index (κ1) is 33.1. The number of benzene rings is 2. The molecule has 1 aliphatic rings. The molecule has 1 saturated heterocycles. The lowest BCUT2D eigenvalue weighted by molar-refractivity contribution is 0.0139. The summed E-state index contributed by atoms with van der Waals surface area (Å²) in [7, 11) is -0.278. The minimum atomic E-state index is -3.58. The maximum atomic E-state index is 13.7. The molecule has 3 aromatic rings. The highest BCUT2D eigenvalue weighted by atomic mass is 32.2. The van der Waals surface area contributed by atoms with E-state index in [1.807, 2.05) is 56.7 Å². The Kier molecular flexibility index (Phi) is 9.84. The number of aromatic nitrogens is 1. The molecule has 11 nitrogen and oxygen atoms in total. The van der Waals surface area contributed by atoms with Gasteiger partial charge in [0.25, 0.3) is 5.91 Å². The van der Waals surface area contributed by atoms with Crippen LogP contribution in [0.25, 0.3) is 10.9 Å². The Morgan fingerprint density at radius 2 is 1.68 bits per heavy atom. The predicted molar refractivity (Wildman–Crippen MR) is 174 cm³/mol. The van der Waals surface area contributed by atoms with Crippen molar-refractivity contribution in [2.75, 3.05) is 49.6 Å². The fourth-order valence-corrected chi connectivity index (χ4v) is 6.11. The summed E-state index contributed by atoms with van der Waals surface area (Å²) >= 11 is 0. The van der Waals surface area contributed by atoms with E-state index in [1.165, 1.54) is 7.11 Å². The van der Waals surface area contributed by atoms with Gasteiger partial charge < -0.3 is 24.3 Å². The summed E-state index contributed by atoms with van der Waals surface area (Å²) in [6.07, 6.45) is 1.48. The second-order valence-corrected chi connectivity index (χ2v) is 14.6. The Labute approximate surface area is 260 Å². The zero-order valence-corrected chi connectivity index (χ0v) is 27.8. The van der Waals surface area contributed by atoms with E-state index < -0.39 is 15.6 Å². The molecule has 1 aliphatic heterocycles. The third-order valence-electron chi connectivity index (χ3n) is 7.33. The van der Waals surface area contributed by atoms with E-state index in [0.717, 1.165) is 28.3 Å². The number of nitrogens with zero attached hydrogens (tertiary/aromatic N) is 3. The molecule has 44 heavy (non-hydrogen) atoms. The van der Waals surface area contributed by atoms with E-state index in [9.17, 15) is 18.0 Å². The number of fused-ring (bicyclic) bond motifs is 1. The van der Waals surface area contributed by atoms with E-state index in [2.05, 4.69) is 34.9 Å². The number of rotatable bonds is 9. The Morgan fingerprint density at radius 3 is 2.27 bits per heavy atom. The van der Waals surface area contributed by atoms with Crippen LogP contribution in [0.15, 0.2) is 36.4 Å². The van der Waals surface area contributed by atoms with E-state index in [-0.39, 0.29) is 23.4 Å². The van der Waals surface area contributed by atoms with E-state index in [1.54, 1.807) is 11.0 Å². The third-order valence-corrected chi connectivity index (χ3v) is 7.92. The van der Waals surface area contributed by atoms with Crippen molar-refractivity contribution >= 4 is 44.3 Å². The number of sulfonamides is 1. The number of hydrogen-bond donors (Lipinski definition) is 2. The van der Waals surface area contributed by atoms with Crippen LogP contribution in [0.3, 0.4) is 0 Å². The molecular formula is C32H45N5O6S. The van der Waals surface area contributed by atoms with E-state index in [4.69, 9.17) is 9.47 Å². The topological polar surface area (TPSA) is 122 Å². The summed E-state index contributed by atoms with van der Waals surface area (Å²) in [6, 6.07) is 11.5. The molecule has 0 aliphatic carbocycles. The number of aryl methyl sites for hydroxylation is 1. The van der Waals surface area contributed by atoms with Gasteiger partial charge >= 0.3 is 6.09 Å². The number of methoxy groups -OCH3 is 1. The monoisotopic (exact) mass is 627 g/mol. The van der Waals surface area contributed by atoms with Gasteiger partial charge in [-0.1, -0.05) is 32.0 Å². The van der Waals surface area contributed by atoms with Crippen molar-refractivity contribution in [3.8, 4) is 5.75 Å². The van der Waals surface area contributed by atoms with Gasteiger partial charge in [-0.3, -0.25) is 14.4 Å². The quantitative estimate of drug-likeness (QED) is 0.340. The van der Waals surface area contributed by atoms with Crippen LogP contribution in [0.2, 0.25) is 0 Å². The predicted octanol–water partition coefficient (Wildman–Crippen LogP) is 5.06. The van der Waals surface area contributed by atoms with Gasteiger partial charge in [-0.05, 0) is 62.4 Å². The molecule has 2 heterocycles. The lowest BCUT2D eigenvalue weighted by Gasteiger charge is -2.35. The number of amides is 2. The van der Waals surface area contributed by atoms with Crippen molar-refractivity contribution in [3.05, 3.63) is 53.2 Å². The standard InChI is InChI=1S/C32H45N5O6S/c1-21(2)16-22-17-25(29(42-7)26(18-22)34-44(8,40)41)33-30(38)27-19-23-10-9-11-24(28(23)35(27)6)20-36-12-14-37(15-13-36)31(39)43-32(3,4)5/h9-11,17-19,21,34H,12-16,20H2,1-8H3,(H,33,38). The molecule has 1 fully saturated rings. The zero-order chi connectivity index (χ0) is 32.4. The number of nitrogens with one attached hydrogen (secondary N) is 2. The number of anilines is 2. The lowest BCUT2D eigenvalue weighted by atomic mass is 10.0. The second kappa shape index (κ2) is 13.1. The summed E-state index contributed by atoms with van der Waals surface area (Å²) in [5, 5.41) is 3.91. The SMILES string of the molecule is COc1c(NC(=O)c2cc3cccc(CN4CCN(C(=O)OC(C)(C)C)CC4)c3n2C)cc(CC(C)C)cc1NS(C)(=O)=O. The molecule has 0 radical (unpaired) electrons. The minimum Gasteiger partial charge on any atom is -0.492 e. The highest BCUT2D eigenvalue weighted by molar-refractivity contribution is 7.92. The van der Waals surface area contributed by atoms with Crippen molar-refractivity contribution in [1.82, 2.24) is 14.4 Å². The molecule has 0 unspecified atom stereocenters. The molecule has 1 aromatic heterocycles. The van der Waals surface area contributed by atoms with Crippen LogP contribution >= 0.6 is 0 Å². The molecule has 0 bridgehead atoms. The first-order valence-electron chi connectivity index (χ1n) is 14.8. The van der Waals surface area contributed by atoms with Gasteiger partial charge in [0.05, 0.1) is 30.3 Å². The Bertz CT molecular complexity index is 1630. The van der Waals surface area contributed by atoms with Gasteiger partial charge in [0.15, 0.2) is 5.75 Å². The van der Waals surface area contributed by atoms with Crippen LogP contribution in [0.5, 0.6) is 5.75 Å². The largest absolute Gasteiger partial charge is 0.492 e. The maximum Gasteiger partial charge on any atom is 0.410 e. The number of carbonyl (C=O) groups is 2. The van der Waals surface area contributed by atoms with Gasteiger partial charge in [0, 0.05) is 45.2 Å². The zero-order valence-electron chi connectivity index (χ0n) is 27.0. The van der Waals surface area contributed by atoms with Crippen LogP contribution < -0.4 is 14.8 Å². The smallest absolute Gasteiger partial charge is 0.410 e. The molecular weight excluding hydrogens is 582 g/mol. The summed E-state index contributed by atoms with van der Waals surface area (Å²) in [6.45, 7) is 13.0. The molecule has 4 rings (SSSR count). The average Bonchev–Trinajstić information content (AvgIpc) is 3.24. The second-order valence-electron chi connectivity index (χ2n) is 12.8. The van der Waals surface area contributed by atoms with Crippen LogP contribution in [0.4, 0.5) is 16.2 Å². The van der Waals surface area contributed by atoms with Crippen LogP contribution in [0, 0.1) is 5.92 Å². The van der Waals surface area contributed by atoms with Crippen LogP contribution in [0.1, 0.15) is 56.2 Å². The summed E-state index contributed by atoms with van der Waals surface area (Å²) in [5.41, 5.74) is 3.48. The Balaban J connectivity index is 1.57. The molecule has 0 atom stereocenters. The maximum absolute atomic E-state index is 13.7. The normalized spacial score (nSPS) is 14.6. The van der Waals surface area contributed by atoms with Gasteiger partial charge in [0.1, 0.15) is 11.3 Å². The number of carbonyl (C=O) groups excluding carboxylic acids is 2. The first-order valence-corrected chi connectivity index (χ1v) is 16.7. The number of piperazine rings is 1. The first-order chi connectivity index (χ1) is 20.5. The van der Waals surface area contributed by atoms with Crippen LogP contribution in [-0.4, -0.2) is 79.9 Å². The molecule has 0 saturated carbocycles. The van der Waals surface area contributed by atoms with Crippen molar-refractivity contribution in [2.45, 2.75) is 53.2 Å². The molecule has 12 heteroatoms. The highest BCUT2D eigenvalue weighted by Crippen LogP contribution is 2.37. The Morgan fingerprint density at radius 1 is 1.02 bits per heavy atom. The number of hydrogen-bond acceptors (Lipinski definition) is 7. The van der Waals surface area contributed by atoms with Gasteiger partial charge in [-0.25, -0.2) is 13.2 Å². The van der Waals surface area contributed by atoms with Crippen molar-refractivity contribution in [1.29, 1.82) is 0 Å². The molecule has 2 aromatic carbocycles. The summed E-state index contributed by atoms with van der Waals surface area (Å²) in [4.78, 5) is 30.2. The van der Waals surface area contributed by atoms with Crippen LogP contribution in [-0.2, 0) is 34.8 Å². The van der Waals surface area contributed by atoms with Crippen molar-refractivity contribution in [3.63, 3.8) is 0 Å². The van der Waals surface area contributed by atoms with Crippen molar-refractivity contribution < 1.29 is 27.5 Å². The highest BCUT2D eigenvalue weighted by Gasteiger charge is 2.27. The van der Waals surface area contributed by atoms with Gasteiger partial charge in [-0.2, -0.15) is 0 Å². The molecule has 2 N–H and O–H groups in total. The summed E-state index contributed by atoms with van der Waals surface area (Å²) < 4.78 is 39.7. The fraction of sp³-hybridized carbons (Fsp3) is 0.500. The van der Waals surface area contributed by atoms with Gasteiger partial charge in [-0.15, -0.1) is 0 Å². The molecule has 0 spiro atoms. The average molecular weight is 628 g/mol. The molecule has 2 amide bonds. The third kappa shape index (κ3) is 8.23. The van der Waals surface area contributed by atoms with Gasteiger partial charge in [0.2, 0.25) is 10.0 Å². The summed E-state index contributed by atoms with van der Waals surface area (Å²) in [5.74, 6) is 0.210.